The molecule has 0 spiro atoms. The highest BCUT2D eigenvalue weighted by atomic mass is 14.1. The number of benzene rings is 1. The Kier molecular flexibility index (Phi) is 3.40. The van der Waals surface area contributed by atoms with Crippen molar-refractivity contribution in [1.29, 1.82) is 0 Å². The van der Waals surface area contributed by atoms with Gasteiger partial charge in [-0.25, -0.2) is 0 Å². The van der Waals surface area contributed by atoms with E-state index in [0.717, 1.165) is 12.8 Å². The van der Waals surface area contributed by atoms with E-state index in [1.54, 1.807) is 0 Å². The molecular formula is C16H18. The quantitative estimate of drug-likeness (QED) is 0.631. The van der Waals surface area contributed by atoms with Crippen molar-refractivity contribution in [3.05, 3.63) is 65.3 Å². The summed E-state index contributed by atoms with van der Waals surface area (Å²) in [5, 5.41) is 0. The first kappa shape index (κ1) is 10.9. The number of aryl methyl sites for hydroxylation is 1. The second kappa shape index (κ2) is 4.98. The lowest BCUT2D eigenvalue weighted by atomic mass is 9.98. The van der Waals surface area contributed by atoms with Gasteiger partial charge in [0, 0.05) is 0 Å². The third-order valence-electron chi connectivity index (χ3n) is 2.95. The summed E-state index contributed by atoms with van der Waals surface area (Å²) in [6.07, 6.45) is 11.1. The summed E-state index contributed by atoms with van der Waals surface area (Å²) in [4.78, 5) is 0. The van der Waals surface area contributed by atoms with Crippen molar-refractivity contribution in [1.82, 2.24) is 0 Å². The Bertz CT molecular complexity index is 441. The van der Waals surface area contributed by atoms with Crippen molar-refractivity contribution in [3.63, 3.8) is 0 Å². The molecule has 82 valence electrons. The van der Waals surface area contributed by atoms with Gasteiger partial charge in [-0.1, -0.05) is 59.7 Å². The van der Waals surface area contributed by atoms with E-state index >= 15 is 0 Å². The second-order valence-electron chi connectivity index (χ2n) is 4.39. The highest BCUT2D eigenvalue weighted by molar-refractivity contribution is 5.67. The molecule has 0 radical (unpaired) electrons. The molecule has 0 saturated heterocycles. The Morgan fingerprint density at radius 3 is 2.44 bits per heavy atom. The van der Waals surface area contributed by atoms with Crippen LogP contribution in [0.2, 0.25) is 0 Å². The summed E-state index contributed by atoms with van der Waals surface area (Å²) < 4.78 is 0. The molecule has 0 N–H and O–H groups in total. The van der Waals surface area contributed by atoms with Crippen molar-refractivity contribution in [2.75, 3.05) is 0 Å². The smallest absolute Gasteiger partial charge is 0.00888 e. The van der Waals surface area contributed by atoms with Crippen molar-refractivity contribution in [3.8, 4) is 0 Å². The van der Waals surface area contributed by atoms with E-state index in [1.165, 1.54) is 22.3 Å². The molecule has 0 aromatic heterocycles. The lowest BCUT2D eigenvalue weighted by Crippen LogP contribution is -1.86. The van der Waals surface area contributed by atoms with E-state index in [4.69, 9.17) is 0 Å². The summed E-state index contributed by atoms with van der Waals surface area (Å²) in [6, 6.07) is 8.80. The molecule has 0 saturated carbocycles. The average molecular weight is 210 g/mol. The highest BCUT2D eigenvalue weighted by Gasteiger charge is 2.00. The topological polar surface area (TPSA) is 0 Å². The fourth-order valence-electron chi connectivity index (χ4n) is 1.89. The number of rotatable bonds is 1. The number of hydrogen-bond donors (Lipinski definition) is 0. The van der Waals surface area contributed by atoms with Crippen LogP contribution in [0.4, 0.5) is 0 Å². The summed E-state index contributed by atoms with van der Waals surface area (Å²) in [5.41, 5.74) is 5.47. The third kappa shape index (κ3) is 2.73. The maximum Gasteiger partial charge on any atom is -0.00888 e. The van der Waals surface area contributed by atoms with E-state index < -0.39 is 0 Å². The van der Waals surface area contributed by atoms with Gasteiger partial charge in [0.2, 0.25) is 0 Å². The number of allylic oxidation sites excluding steroid dienone is 6. The van der Waals surface area contributed by atoms with Crippen molar-refractivity contribution < 1.29 is 0 Å². The van der Waals surface area contributed by atoms with E-state index in [0.29, 0.717) is 0 Å². The zero-order chi connectivity index (χ0) is 11.4. The van der Waals surface area contributed by atoms with Gasteiger partial charge in [-0.05, 0) is 37.8 Å². The molecule has 16 heavy (non-hydrogen) atoms. The zero-order valence-corrected chi connectivity index (χ0v) is 10.0. The molecule has 0 heteroatoms. The normalized spacial score (nSPS) is 21.4. The summed E-state index contributed by atoms with van der Waals surface area (Å²) in [6.45, 7) is 4.29. The van der Waals surface area contributed by atoms with Gasteiger partial charge in [-0.3, -0.25) is 0 Å². The molecule has 0 aliphatic heterocycles. The van der Waals surface area contributed by atoms with Gasteiger partial charge in [-0.2, -0.15) is 0 Å². The predicted octanol–water partition coefficient (Wildman–Crippen LogP) is 4.67. The van der Waals surface area contributed by atoms with Gasteiger partial charge in [0.25, 0.3) is 0 Å². The van der Waals surface area contributed by atoms with Crippen LogP contribution in [0.1, 0.15) is 30.9 Å². The third-order valence-corrected chi connectivity index (χ3v) is 2.95. The largest absolute Gasteiger partial charge is 0.0805 e. The maximum absolute atomic E-state index is 2.32. The molecule has 0 heterocycles. The molecule has 2 rings (SSSR count). The van der Waals surface area contributed by atoms with E-state index in [9.17, 15) is 0 Å². The van der Waals surface area contributed by atoms with Gasteiger partial charge in [-0.15, -0.1) is 0 Å². The number of hydrogen-bond acceptors (Lipinski definition) is 0. The molecule has 1 aromatic rings. The van der Waals surface area contributed by atoms with E-state index in [-0.39, 0.29) is 0 Å². The Labute approximate surface area is 98.0 Å². The standard InChI is InChI=1S/C16H18/c1-13-5-3-4-6-15(10-7-13)16-11-8-14(2)9-12-16/h3,5-9,11-12H,4,10H2,1-2H3/b5-3-,13-7?,15-6+. The minimum absolute atomic E-state index is 1.04. The van der Waals surface area contributed by atoms with Crippen LogP contribution in [-0.2, 0) is 0 Å². The highest BCUT2D eigenvalue weighted by Crippen LogP contribution is 2.22. The molecule has 0 fully saturated rings. The Hall–Kier alpha value is -1.56. The fraction of sp³-hybridized carbons (Fsp3) is 0.250. The molecule has 0 unspecified atom stereocenters. The first-order valence-electron chi connectivity index (χ1n) is 5.85. The van der Waals surface area contributed by atoms with Crippen LogP contribution < -0.4 is 0 Å². The molecule has 0 bridgehead atoms. The van der Waals surface area contributed by atoms with Crippen LogP contribution in [0.3, 0.4) is 0 Å². The fourth-order valence-corrected chi connectivity index (χ4v) is 1.89. The monoisotopic (exact) mass is 210 g/mol. The van der Waals surface area contributed by atoms with Crippen molar-refractivity contribution in [2.24, 2.45) is 0 Å². The Balaban J connectivity index is 2.27. The van der Waals surface area contributed by atoms with E-state index in [2.05, 4.69) is 62.4 Å². The van der Waals surface area contributed by atoms with Gasteiger partial charge in [0.1, 0.15) is 0 Å². The van der Waals surface area contributed by atoms with Crippen LogP contribution in [0.5, 0.6) is 0 Å². The average Bonchev–Trinajstić information content (AvgIpc) is 2.26. The van der Waals surface area contributed by atoms with Gasteiger partial charge >= 0.3 is 0 Å². The first-order valence-corrected chi connectivity index (χ1v) is 5.85. The van der Waals surface area contributed by atoms with Crippen molar-refractivity contribution >= 4 is 5.57 Å². The molecule has 0 nitrogen and oxygen atoms in total. The van der Waals surface area contributed by atoms with Gasteiger partial charge in [0.05, 0.1) is 0 Å². The Morgan fingerprint density at radius 2 is 1.69 bits per heavy atom. The first-order chi connectivity index (χ1) is 7.75. The maximum atomic E-state index is 2.32. The van der Waals surface area contributed by atoms with Crippen LogP contribution in [-0.4, -0.2) is 0 Å². The minimum Gasteiger partial charge on any atom is -0.0805 e. The van der Waals surface area contributed by atoms with Gasteiger partial charge in [0.15, 0.2) is 0 Å². The SMILES string of the molecule is CC1=CC/C(c2ccc(C)cc2)=C\C/C=C\1. The molecule has 0 amide bonds. The lowest BCUT2D eigenvalue weighted by molar-refractivity contribution is 1.26. The zero-order valence-electron chi connectivity index (χ0n) is 10.0. The van der Waals surface area contributed by atoms with Crippen LogP contribution in [0.15, 0.2) is 54.1 Å². The lowest BCUT2D eigenvalue weighted by Gasteiger charge is -2.08. The summed E-state index contributed by atoms with van der Waals surface area (Å²) in [7, 11) is 0. The van der Waals surface area contributed by atoms with Crippen LogP contribution >= 0.6 is 0 Å². The molecule has 1 aliphatic carbocycles. The minimum atomic E-state index is 1.04. The summed E-state index contributed by atoms with van der Waals surface area (Å²) >= 11 is 0. The van der Waals surface area contributed by atoms with Crippen LogP contribution in [0.25, 0.3) is 5.57 Å². The van der Waals surface area contributed by atoms with Gasteiger partial charge < -0.3 is 0 Å². The predicted molar refractivity (Wildman–Crippen MR) is 71.3 cm³/mol. The van der Waals surface area contributed by atoms with Crippen LogP contribution in [0, 0.1) is 6.92 Å². The second-order valence-corrected chi connectivity index (χ2v) is 4.39. The Morgan fingerprint density at radius 1 is 0.938 bits per heavy atom. The molecule has 1 aromatic carbocycles. The molecule has 0 atom stereocenters. The summed E-state index contributed by atoms with van der Waals surface area (Å²) in [5.74, 6) is 0. The van der Waals surface area contributed by atoms with Crippen molar-refractivity contribution in [2.45, 2.75) is 26.7 Å². The molecule has 1 aliphatic rings. The van der Waals surface area contributed by atoms with E-state index in [1.807, 2.05) is 0 Å². The molecular weight excluding hydrogens is 192 g/mol.